The zero-order valence-electron chi connectivity index (χ0n) is 12.3. The zero-order valence-corrected chi connectivity index (χ0v) is 13.1. The van der Waals surface area contributed by atoms with Crippen LogP contribution in [-0.2, 0) is 0 Å². The number of aliphatic hydroxyl groups is 1. The van der Waals surface area contributed by atoms with Crippen LogP contribution in [0.5, 0.6) is 0 Å². The van der Waals surface area contributed by atoms with Crippen molar-refractivity contribution in [1.29, 1.82) is 0 Å². The lowest BCUT2D eigenvalue weighted by Gasteiger charge is -2.08. The average Bonchev–Trinajstić information content (AvgIpc) is 2.59. The summed E-state index contributed by atoms with van der Waals surface area (Å²) in [5.74, 6) is 5.99. The van der Waals surface area contributed by atoms with E-state index in [9.17, 15) is 5.11 Å². The molecule has 0 spiro atoms. The van der Waals surface area contributed by atoms with Crippen LogP contribution < -0.4 is 0 Å². The predicted octanol–water partition coefficient (Wildman–Crippen LogP) is 4.65. The van der Waals surface area contributed by atoms with Crippen molar-refractivity contribution >= 4 is 22.5 Å². The fourth-order valence-electron chi connectivity index (χ4n) is 2.39. The molecule has 22 heavy (non-hydrogen) atoms. The van der Waals surface area contributed by atoms with Crippen molar-refractivity contribution in [2.45, 2.75) is 11.0 Å². The number of thioether (sulfide) groups is 1. The maximum atomic E-state index is 10.4. The molecule has 0 aliphatic heterocycles. The monoisotopic (exact) mass is 304 g/mol. The Balaban J connectivity index is 1.90. The molecule has 3 aromatic rings. The molecular weight excluding hydrogens is 288 g/mol. The van der Waals surface area contributed by atoms with Gasteiger partial charge in [0.15, 0.2) is 0 Å². The minimum atomic E-state index is -0.786. The number of hydrogen-bond donors (Lipinski definition) is 1. The fourth-order valence-corrected chi connectivity index (χ4v) is 2.80. The maximum absolute atomic E-state index is 10.4. The molecule has 3 rings (SSSR count). The number of aliphatic hydroxyl groups excluding tert-OH is 1. The van der Waals surface area contributed by atoms with E-state index in [2.05, 4.69) is 11.8 Å². The third-order valence-electron chi connectivity index (χ3n) is 3.56. The molecule has 0 fully saturated rings. The summed E-state index contributed by atoms with van der Waals surface area (Å²) >= 11 is 1.70. The van der Waals surface area contributed by atoms with E-state index in [0.717, 1.165) is 21.9 Å². The lowest BCUT2D eigenvalue weighted by Crippen LogP contribution is -1.95. The SMILES string of the molecule is CSc1ccc(C#C[C@@H](O)c2cccc3ccccc23)cc1. The van der Waals surface area contributed by atoms with Gasteiger partial charge in [0.25, 0.3) is 0 Å². The Morgan fingerprint density at radius 3 is 2.41 bits per heavy atom. The van der Waals surface area contributed by atoms with E-state index in [4.69, 9.17) is 0 Å². The Hall–Kier alpha value is -2.21. The average molecular weight is 304 g/mol. The van der Waals surface area contributed by atoms with E-state index in [-0.39, 0.29) is 0 Å². The fraction of sp³-hybridized carbons (Fsp3) is 0.100. The molecule has 2 heteroatoms. The normalized spacial score (nSPS) is 11.7. The number of benzene rings is 3. The minimum Gasteiger partial charge on any atom is -0.376 e. The molecule has 0 bridgehead atoms. The molecule has 1 nitrogen and oxygen atoms in total. The summed E-state index contributed by atoms with van der Waals surface area (Å²) in [6, 6.07) is 22.0. The molecule has 0 aliphatic rings. The van der Waals surface area contributed by atoms with E-state index < -0.39 is 6.10 Å². The maximum Gasteiger partial charge on any atom is 0.141 e. The summed E-state index contributed by atoms with van der Waals surface area (Å²) < 4.78 is 0. The first-order chi connectivity index (χ1) is 10.8. The van der Waals surface area contributed by atoms with Gasteiger partial charge in [0.05, 0.1) is 0 Å². The molecule has 3 aromatic carbocycles. The quantitative estimate of drug-likeness (QED) is 0.549. The second-order valence-corrected chi connectivity index (χ2v) is 5.85. The molecule has 0 aromatic heterocycles. The van der Waals surface area contributed by atoms with Crippen molar-refractivity contribution in [3.8, 4) is 11.8 Å². The number of rotatable bonds is 2. The van der Waals surface area contributed by atoms with Crippen LogP contribution in [0, 0.1) is 11.8 Å². The summed E-state index contributed by atoms with van der Waals surface area (Å²) in [7, 11) is 0. The third-order valence-corrected chi connectivity index (χ3v) is 4.30. The Labute approximate surface area is 135 Å². The van der Waals surface area contributed by atoms with Crippen molar-refractivity contribution in [2.24, 2.45) is 0 Å². The molecular formula is C20H16OS. The molecule has 0 aliphatic carbocycles. The van der Waals surface area contributed by atoms with E-state index >= 15 is 0 Å². The Morgan fingerprint density at radius 1 is 0.909 bits per heavy atom. The number of fused-ring (bicyclic) bond motifs is 1. The Bertz CT molecular complexity index is 835. The van der Waals surface area contributed by atoms with Crippen LogP contribution in [0.2, 0.25) is 0 Å². The van der Waals surface area contributed by atoms with Crippen molar-refractivity contribution in [3.05, 3.63) is 77.9 Å². The van der Waals surface area contributed by atoms with Gasteiger partial charge in [-0.15, -0.1) is 11.8 Å². The van der Waals surface area contributed by atoms with Gasteiger partial charge in [-0.3, -0.25) is 0 Å². The Morgan fingerprint density at radius 2 is 1.64 bits per heavy atom. The van der Waals surface area contributed by atoms with Crippen LogP contribution in [0.15, 0.2) is 71.6 Å². The lowest BCUT2D eigenvalue weighted by atomic mass is 10.0. The van der Waals surface area contributed by atoms with Gasteiger partial charge >= 0.3 is 0 Å². The van der Waals surface area contributed by atoms with E-state index in [0.29, 0.717) is 0 Å². The highest BCUT2D eigenvalue weighted by molar-refractivity contribution is 7.98. The molecule has 0 radical (unpaired) electrons. The first-order valence-electron chi connectivity index (χ1n) is 7.09. The van der Waals surface area contributed by atoms with Crippen LogP contribution >= 0.6 is 11.8 Å². The van der Waals surface area contributed by atoms with Crippen LogP contribution in [-0.4, -0.2) is 11.4 Å². The topological polar surface area (TPSA) is 20.2 Å². The van der Waals surface area contributed by atoms with Crippen LogP contribution in [0.4, 0.5) is 0 Å². The van der Waals surface area contributed by atoms with E-state index in [1.54, 1.807) is 11.8 Å². The van der Waals surface area contributed by atoms with E-state index in [1.807, 2.05) is 73.0 Å². The molecule has 108 valence electrons. The van der Waals surface area contributed by atoms with Gasteiger partial charge in [0, 0.05) is 16.0 Å². The second kappa shape index (κ2) is 6.70. The first-order valence-corrected chi connectivity index (χ1v) is 8.32. The van der Waals surface area contributed by atoms with Gasteiger partial charge in [-0.2, -0.15) is 0 Å². The van der Waals surface area contributed by atoms with E-state index in [1.165, 1.54) is 4.90 Å². The third kappa shape index (κ3) is 3.17. The summed E-state index contributed by atoms with van der Waals surface area (Å²) in [5, 5.41) is 12.6. The van der Waals surface area contributed by atoms with Gasteiger partial charge in [-0.1, -0.05) is 54.3 Å². The lowest BCUT2D eigenvalue weighted by molar-refractivity contribution is 0.240. The van der Waals surface area contributed by atoms with Crippen molar-refractivity contribution < 1.29 is 5.11 Å². The van der Waals surface area contributed by atoms with Crippen molar-refractivity contribution in [1.82, 2.24) is 0 Å². The van der Waals surface area contributed by atoms with Gasteiger partial charge in [0.2, 0.25) is 0 Å². The first kappa shape index (κ1) is 14.7. The summed E-state index contributed by atoms with van der Waals surface area (Å²) in [6.45, 7) is 0. The second-order valence-electron chi connectivity index (χ2n) is 4.97. The number of hydrogen-bond acceptors (Lipinski definition) is 2. The largest absolute Gasteiger partial charge is 0.376 e. The van der Waals surface area contributed by atoms with Crippen LogP contribution in [0.1, 0.15) is 17.2 Å². The van der Waals surface area contributed by atoms with Gasteiger partial charge in [0.1, 0.15) is 6.10 Å². The highest BCUT2D eigenvalue weighted by Gasteiger charge is 2.07. The van der Waals surface area contributed by atoms with Gasteiger partial charge < -0.3 is 5.11 Å². The molecule has 1 N–H and O–H groups in total. The standard InChI is InChI=1S/C20H16OS/c1-22-17-12-9-15(10-13-17)11-14-20(21)19-8-4-6-16-5-2-3-7-18(16)19/h2-10,12-13,20-21H,1H3/t20-/m1/s1. The zero-order chi connectivity index (χ0) is 15.4. The molecule has 0 unspecified atom stereocenters. The van der Waals surface area contributed by atoms with Crippen molar-refractivity contribution in [2.75, 3.05) is 6.26 Å². The van der Waals surface area contributed by atoms with Crippen molar-refractivity contribution in [3.63, 3.8) is 0 Å². The molecule has 1 atom stereocenters. The minimum absolute atomic E-state index is 0.786. The van der Waals surface area contributed by atoms with Crippen LogP contribution in [0.3, 0.4) is 0 Å². The molecule has 0 saturated carbocycles. The summed E-state index contributed by atoms with van der Waals surface area (Å²) in [5.41, 5.74) is 1.77. The molecule has 0 amide bonds. The highest BCUT2D eigenvalue weighted by atomic mass is 32.2. The van der Waals surface area contributed by atoms with Gasteiger partial charge in [-0.25, -0.2) is 0 Å². The van der Waals surface area contributed by atoms with Gasteiger partial charge in [-0.05, 0) is 41.3 Å². The molecule has 0 heterocycles. The molecule has 0 saturated heterocycles. The summed E-state index contributed by atoms with van der Waals surface area (Å²) in [6.07, 6.45) is 1.26. The highest BCUT2D eigenvalue weighted by Crippen LogP contribution is 2.24. The van der Waals surface area contributed by atoms with Crippen LogP contribution in [0.25, 0.3) is 10.8 Å². The Kier molecular flexibility index (Phi) is 4.48. The smallest absolute Gasteiger partial charge is 0.141 e. The summed E-state index contributed by atoms with van der Waals surface area (Å²) in [4.78, 5) is 1.21. The predicted molar refractivity (Wildman–Crippen MR) is 94.0 cm³/mol.